The van der Waals surface area contributed by atoms with Crippen molar-refractivity contribution in [2.24, 2.45) is 5.92 Å². The third-order valence-corrected chi connectivity index (χ3v) is 3.87. The summed E-state index contributed by atoms with van der Waals surface area (Å²) in [4.78, 5) is 23.1. The molecule has 0 aliphatic carbocycles. The number of rotatable bonds is 8. The van der Waals surface area contributed by atoms with Gasteiger partial charge in [-0.05, 0) is 31.0 Å². The molecule has 1 rings (SSSR count). The summed E-state index contributed by atoms with van der Waals surface area (Å²) in [5.41, 5.74) is 1.60. The Morgan fingerprint density at radius 1 is 1.33 bits per heavy atom. The molecule has 116 valence electrons. The summed E-state index contributed by atoms with van der Waals surface area (Å²) in [6, 6.07) is 5.39. The van der Waals surface area contributed by atoms with Crippen molar-refractivity contribution in [2.45, 2.75) is 26.5 Å². The predicted molar refractivity (Wildman–Crippen MR) is 87.0 cm³/mol. The highest BCUT2D eigenvalue weighted by Gasteiger charge is 2.09. The van der Waals surface area contributed by atoms with E-state index in [2.05, 4.69) is 19.2 Å². The number of carbonyl (C=O) groups excluding carboxylic acids is 2. The number of ether oxygens (including phenoxy) is 1. The van der Waals surface area contributed by atoms with Crippen LogP contribution in [0.3, 0.4) is 0 Å². The van der Waals surface area contributed by atoms with Crippen LogP contribution in [0.5, 0.6) is 5.75 Å². The summed E-state index contributed by atoms with van der Waals surface area (Å²) >= 11 is 1.51. The van der Waals surface area contributed by atoms with Crippen LogP contribution in [0.1, 0.15) is 36.7 Å². The highest BCUT2D eigenvalue weighted by molar-refractivity contribution is 7.99. The van der Waals surface area contributed by atoms with Crippen molar-refractivity contribution in [3.05, 3.63) is 29.3 Å². The number of methoxy groups -OCH3 is 1. The van der Waals surface area contributed by atoms with Crippen LogP contribution in [0.2, 0.25) is 0 Å². The molecular weight excluding hydrogens is 286 g/mol. The van der Waals surface area contributed by atoms with Gasteiger partial charge in [0.05, 0.1) is 12.9 Å². The van der Waals surface area contributed by atoms with Crippen molar-refractivity contribution in [1.82, 2.24) is 5.32 Å². The Bertz CT molecular complexity index is 500. The smallest absolute Gasteiger partial charge is 0.230 e. The molecular formula is C16H23NO3S. The molecule has 0 atom stereocenters. The molecule has 0 bridgehead atoms. The molecule has 0 aliphatic heterocycles. The Labute approximate surface area is 130 Å². The minimum atomic E-state index is 0.0265. The van der Waals surface area contributed by atoms with Gasteiger partial charge in [0, 0.05) is 23.4 Å². The molecule has 5 heteroatoms. The Morgan fingerprint density at radius 3 is 2.62 bits per heavy atom. The van der Waals surface area contributed by atoms with E-state index in [1.54, 1.807) is 19.2 Å². The van der Waals surface area contributed by atoms with Crippen LogP contribution in [0.4, 0.5) is 0 Å². The molecule has 1 amide bonds. The first-order valence-corrected chi connectivity index (χ1v) is 8.11. The van der Waals surface area contributed by atoms with E-state index in [1.807, 2.05) is 6.07 Å². The van der Waals surface area contributed by atoms with Crippen molar-refractivity contribution in [1.29, 1.82) is 0 Å². The maximum Gasteiger partial charge on any atom is 0.230 e. The van der Waals surface area contributed by atoms with Crippen LogP contribution in [0.25, 0.3) is 0 Å². The zero-order valence-electron chi connectivity index (χ0n) is 13.1. The van der Waals surface area contributed by atoms with Crippen molar-refractivity contribution in [3.8, 4) is 5.75 Å². The van der Waals surface area contributed by atoms with E-state index in [9.17, 15) is 9.59 Å². The van der Waals surface area contributed by atoms with Crippen LogP contribution >= 0.6 is 11.8 Å². The lowest BCUT2D eigenvalue weighted by Gasteiger charge is -2.10. The summed E-state index contributed by atoms with van der Waals surface area (Å²) in [5.74, 6) is 2.30. The van der Waals surface area contributed by atoms with E-state index in [0.29, 0.717) is 29.5 Å². The Kier molecular flexibility index (Phi) is 7.29. The van der Waals surface area contributed by atoms with Crippen LogP contribution < -0.4 is 10.1 Å². The average Bonchev–Trinajstić information content (AvgIpc) is 2.44. The number of Topliss-reactive ketones (excluding diaryl/α,β-unsaturated/α-hetero) is 1. The Morgan fingerprint density at radius 2 is 2.05 bits per heavy atom. The molecule has 1 N–H and O–H groups in total. The molecule has 0 saturated carbocycles. The Balaban J connectivity index is 2.56. The fraction of sp³-hybridized carbons (Fsp3) is 0.500. The highest BCUT2D eigenvalue weighted by atomic mass is 32.2. The fourth-order valence-corrected chi connectivity index (χ4v) is 2.57. The molecule has 0 fully saturated rings. The summed E-state index contributed by atoms with van der Waals surface area (Å²) in [7, 11) is 1.60. The van der Waals surface area contributed by atoms with Gasteiger partial charge in [-0.1, -0.05) is 13.8 Å². The number of benzene rings is 1. The molecule has 0 spiro atoms. The quantitative estimate of drug-likeness (QED) is 0.750. The van der Waals surface area contributed by atoms with Gasteiger partial charge in [0.15, 0.2) is 5.78 Å². The third-order valence-electron chi connectivity index (χ3n) is 2.89. The van der Waals surface area contributed by atoms with Crippen molar-refractivity contribution in [2.75, 3.05) is 19.4 Å². The second-order valence-electron chi connectivity index (χ2n) is 5.27. The topological polar surface area (TPSA) is 55.4 Å². The van der Waals surface area contributed by atoms with Gasteiger partial charge in [-0.3, -0.25) is 9.59 Å². The lowest BCUT2D eigenvalue weighted by molar-refractivity contribution is -0.118. The van der Waals surface area contributed by atoms with Gasteiger partial charge in [-0.15, -0.1) is 11.8 Å². The molecule has 0 heterocycles. The number of ketones is 1. The van der Waals surface area contributed by atoms with E-state index in [4.69, 9.17) is 4.74 Å². The number of amides is 1. The first-order valence-electron chi connectivity index (χ1n) is 6.96. The zero-order valence-corrected chi connectivity index (χ0v) is 13.9. The average molecular weight is 309 g/mol. The highest BCUT2D eigenvalue weighted by Crippen LogP contribution is 2.24. The second kappa shape index (κ2) is 8.72. The molecule has 0 aromatic heterocycles. The lowest BCUT2D eigenvalue weighted by Crippen LogP contribution is -2.28. The van der Waals surface area contributed by atoms with Crippen molar-refractivity contribution < 1.29 is 14.3 Å². The minimum Gasteiger partial charge on any atom is -0.496 e. The Hall–Kier alpha value is -1.49. The van der Waals surface area contributed by atoms with Crippen LogP contribution in [-0.2, 0) is 10.5 Å². The summed E-state index contributed by atoms with van der Waals surface area (Å²) in [6.07, 6.45) is 0. The number of thioether (sulfide) groups is 1. The summed E-state index contributed by atoms with van der Waals surface area (Å²) in [5, 5.41) is 2.88. The molecule has 21 heavy (non-hydrogen) atoms. The van der Waals surface area contributed by atoms with E-state index in [-0.39, 0.29) is 11.7 Å². The summed E-state index contributed by atoms with van der Waals surface area (Å²) < 4.78 is 5.29. The largest absolute Gasteiger partial charge is 0.496 e. The minimum absolute atomic E-state index is 0.0265. The fourth-order valence-electron chi connectivity index (χ4n) is 1.73. The molecule has 0 radical (unpaired) electrons. The molecule has 0 unspecified atom stereocenters. The van der Waals surface area contributed by atoms with Crippen molar-refractivity contribution >= 4 is 23.5 Å². The molecule has 1 aromatic rings. The van der Waals surface area contributed by atoms with E-state index >= 15 is 0 Å². The van der Waals surface area contributed by atoms with E-state index in [1.165, 1.54) is 18.7 Å². The predicted octanol–water partition coefficient (Wildman–Crippen LogP) is 2.90. The first kappa shape index (κ1) is 17.6. The van der Waals surface area contributed by atoms with Gasteiger partial charge in [0.1, 0.15) is 5.75 Å². The molecule has 0 saturated heterocycles. The molecule has 4 nitrogen and oxygen atoms in total. The van der Waals surface area contributed by atoms with Crippen LogP contribution in [0.15, 0.2) is 18.2 Å². The number of hydrogen-bond donors (Lipinski definition) is 1. The van der Waals surface area contributed by atoms with Crippen molar-refractivity contribution in [3.63, 3.8) is 0 Å². The normalized spacial score (nSPS) is 10.5. The van der Waals surface area contributed by atoms with Gasteiger partial charge in [0.2, 0.25) is 5.91 Å². The maximum atomic E-state index is 11.7. The van der Waals surface area contributed by atoms with Gasteiger partial charge < -0.3 is 10.1 Å². The third kappa shape index (κ3) is 6.21. The van der Waals surface area contributed by atoms with Gasteiger partial charge in [0.25, 0.3) is 0 Å². The van der Waals surface area contributed by atoms with Crippen LogP contribution in [0, 0.1) is 5.92 Å². The van der Waals surface area contributed by atoms with E-state index < -0.39 is 0 Å². The van der Waals surface area contributed by atoms with Gasteiger partial charge in [-0.2, -0.15) is 0 Å². The maximum absolute atomic E-state index is 11.7. The van der Waals surface area contributed by atoms with Crippen LogP contribution in [-0.4, -0.2) is 31.1 Å². The van der Waals surface area contributed by atoms with Gasteiger partial charge >= 0.3 is 0 Å². The number of nitrogens with one attached hydrogen (secondary N) is 1. The SMILES string of the molecule is COc1ccc(C(C)=O)cc1CSCC(=O)NCC(C)C. The lowest BCUT2D eigenvalue weighted by atomic mass is 10.1. The summed E-state index contributed by atoms with van der Waals surface area (Å²) in [6.45, 7) is 6.36. The zero-order chi connectivity index (χ0) is 15.8. The molecule has 1 aromatic carbocycles. The monoisotopic (exact) mass is 309 g/mol. The van der Waals surface area contributed by atoms with E-state index in [0.717, 1.165) is 11.3 Å². The first-order chi connectivity index (χ1) is 9.93. The number of hydrogen-bond acceptors (Lipinski definition) is 4. The number of carbonyl (C=O) groups is 2. The molecule has 0 aliphatic rings. The second-order valence-corrected chi connectivity index (χ2v) is 6.26. The standard InChI is InChI=1S/C16H23NO3S/c1-11(2)8-17-16(19)10-21-9-14-7-13(12(3)18)5-6-15(14)20-4/h5-7,11H,8-10H2,1-4H3,(H,17,19). The van der Waals surface area contributed by atoms with Gasteiger partial charge in [-0.25, -0.2) is 0 Å².